The Balaban J connectivity index is 1.81. The van der Waals surface area contributed by atoms with Crippen LogP contribution in [-0.2, 0) is 11.2 Å². The summed E-state index contributed by atoms with van der Waals surface area (Å²) in [5.41, 5.74) is 3.03. The van der Waals surface area contributed by atoms with Crippen molar-refractivity contribution >= 4 is 17.7 Å². The molecule has 0 radical (unpaired) electrons. The molecule has 2 atom stereocenters. The number of hydrogen-bond acceptors (Lipinski definition) is 3. The number of H-pyrrole nitrogens is 1. The van der Waals surface area contributed by atoms with E-state index in [1.807, 2.05) is 47.9 Å². The fourth-order valence-corrected chi connectivity index (χ4v) is 4.18. The van der Waals surface area contributed by atoms with Crippen molar-refractivity contribution in [2.45, 2.75) is 31.6 Å². The van der Waals surface area contributed by atoms with E-state index in [1.54, 1.807) is 0 Å². The lowest BCUT2D eigenvalue weighted by atomic mass is 10.0. The molecule has 0 saturated carbocycles. The Bertz CT molecular complexity index is 640. The fraction of sp³-hybridized carbons (Fsp3) is 0.412. The van der Waals surface area contributed by atoms with Gasteiger partial charge in [0, 0.05) is 23.2 Å². The van der Waals surface area contributed by atoms with Crippen molar-refractivity contribution in [2.75, 3.05) is 12.3 Å². The number of thioether (sulfide) groups is 1. The topological polar surface area (TPSA) is 49.0 Å². The molecule has 2 aromatic rings. The van der Waals surface area contributed by atoms with Crippen LogP contribution in [-0.4, -0.2) is 38.6 Å². The van der Waals surface area contributed by atoms with Crippen LogP contribution in [0.4, 0.5) is 0 Å². The van der Waals surface area contributed by atoms with Gasteiger partial charge in [-0.15, -0.1) is 0 Å². The van der Waals surface area contributed by atoms with E-state index in [0.29, 0.717) is 11.7 Å². The molecule has 2 heterocycles. The molecule has 5 heteroatoms. The third-order valence-corrected chi connectivity index (χ3v) is 5.25. The minimum atomic E-state index is 0.146. The predicted molar refractivity (Wildman–Crippen MR) is 89.8 cm³/mol. The second-order valence-electron chi connectivity index (χ2n) is 5.74. The van der Waals surface area contributed by atoms with Crippen LogP contribution in [0.15, 0.2) is 36.4 Å². The molecular weight excluding hydrogens is 294 g/mol. The number of carbonyl (C=O) groups is 1. The molecule has 4 nitrogen and oxygen atoms in total. The first kappa shape index (κ1) is 15.2. The summed E-state index contributed by atoms with van der Waals surface area (Å²) in [7, 11) is 0. The number of aromatic nitrogens is 2. The van der Waals surface area contributed by atoms with Crippen molar-refractivity contribution in [1.82, 2.24) is 15.1 Å². The van der Waals surface area contributed by atoms with E-state index in [2.05, 4.69) is 29.3 Å². The van der Waals surface area contributed by atoms with Gasteiger partial charge in [0.05, 0.1) is 18.2 Å². The second kappa shape index (κ2) is 6.57. The summed E-state index contributed by atoms with van der Waals surface area (Å²) in [5.74, 6) is 1.16. The van der Waals surface area contributed by atoms with Crippen molar-refractivity contribution in [3.63, 3.8) is 0 Å². The Hall–Kier alpha value is -1.75. The number of aryl methyl sites for hydroxylation is 1. The first-order chi connectivity index (χ1) is 10.6. The number of amides is 1. The maximum absolute atomic E-state index is 12.8. The maximum Gasteiger partial charge on any atom is 0.229 e. The summed E-state index contributed by atoms with van der Waals surface area (Å²) in [4.78, 5) is 14.8. The fourth-order valence-electron chi connectivity index (χ4n) is 3.02. The van der Waals surface area contributed by atoms with E-state index < -0.39 is 0 Å². The third-order valence-electron chi connectivity index (χ3n) is 4.05. The molecule has 116 valence electrons. The lowest BCUT2D eigenvalue weighted by Crippen LogP contribution is -2.44. The zero-order valence-electron chi connectivity index (χ0n) is 13.0. The van der Waals surface area contributed by atoms with E-state index in [0.717, 1.165) is 23.7 Å². The highest BCUT2D eigenvalue weighted by Gasteiger charge is 2.33. The molecule has 0 aliphatic carbocycles. The molecule has 0 unspecified atom stereocenters. The normalized spacial score (nSPS) is 21.8. The lowest BCUT2D eigenvalue weighted by molar-refractivity contribution is -0.133. The van der Waals surface area contributed by atoms with Crippen LogP contribution in [0.5, 0.6) is 0 Å². The molecule has 1 aromatic heterocycles. The molecule has 1 N–H and O–H groups in total. The van der Waals surface area contributed by atoms with Crippen molar-refractivity contribution < 1.29 is 4.79 Å². The summed E-state index contributed by atoms with van der Waals surface area (Å²) >= 11 is 1.94. The molecule has 1 amide bonds. The smallest absolute Gasteiger partial charge is 0.229 e. The van der Waals surface area contributed by atoms with Gasteiger partial charge in [0.25, 0.3) is 0 Å². The van der Waals surface area contributed by atoms with Gasteiger partial charge in [0.15, 0.2) is 0 Å². The summed E-state index contributed by atoms with van der Waals surface area (Å²) in [6.45, 7) is 4.96. The van der Waals surface area contributed by atoms with Crippen molar-refractivity contribution in [1.29, 1.82) is 0 Å². The minimum Gasteiger partial charge on any atom is -0.333 e. The number of carbonyl (C=O) groups excluding carboxylic acids is 1. The molecule has 3 rings (SSSR count). The van der Waals surface area contributed by atoms with Crippen LogP contribution in [0.25, 0.3) is 0 Å². The Morgan fingerprint density at radius 2 is 2.18 bits per heavy atom. The van der Waals surface area contributed by atoms with E-state index in [9.17, 15) is 4.79 Å². The van der Waals surface area contributed by atoms with Gasteiger partial charge < -0.3 is 4.90 Å². The average Bonchev–Trinajstić information content (AvgIpc) is 2.93. The van der Waals surface area contributed by atoms with Gasteiger partial charge in [-0.2, -0.15) is 16.9 Å². The molecule has 1 aliphatic heterocycles. The molecule has 1 fully saturated rings. The highest BCUT2D eigenvalue weighted by Crippen LogP contribution is 2.36. The van der Waals surface area contributed by atoms with Crippen molar-refractivity contribution in [3.05, 3.63) is 53.3 Å². The maximum atomic E-state index is 12.8. The van der Waals surface area contributed by atoms with E-state index in [-0.39, 0.29) is 11.9 Å². The summed E-state index contributed by atoms with van der Waals surface area (Å²) in [6, 6.07) is 12.4. The second-order valence-corrected chi connectivity index (χ2v) is 7.22. The molecule has 0 spiro atoms. The van der Waals surface area contributed by atoms with Gasteiger partial charge in [-0.1, -0.05) is 37.3 Å². The molecule has 1 saturated heterocycles. The van der Waals surface area contributed by atoms with Gasteiger partial charge in [-0.05, 0) is 18.6 Å². The number of benzene rings is 1. The zero-order chi connectivity index (χ0) is 15.5. The molecule has 0 bridgehead atoms. The molecule has 1 aromatic carbocycles. The van der Waals surface area contributed by atoms with E-state index in [1.165, 1.54) is 5.56 Å². The van der Waals surface area contributed by atoms with Crippen LogP contribution >= 0.6 is 11.8 Å². The summed E-state index contributed by atoms with van der Waals surface area (Å²) < 4.78 is 0. The van der Waals surface area contributed by atoms with E-state index in [4.69, 9.17) is 0 Å². The van der Waals surface area contributed by atoms with Crippen LogP contribution in [0.1, 0.15) is 29.9 Å². The number of nitrogens with zero attached hydrogens (tertiary/aromatic N) is 2. The van der Waals surface area contributed by atoms with Crippen molar-refractivity contribution in [2.24, 2.45) is 0 Å². The Morgan fingerprint density at radius 1 is 1.41 bits per heavy atom. The lowest BCUT2D eigenvalue weighted by Gasteiger charge is -2.40. The molecule has 22 heavy (non-hydrogen) atoms. The predicted octanol–water partition coefficient (Wildman–Crippen LogP) is 2.97. The minimum absolute atomic E-state index is 0.146. The van der Waals surface area contributed by atoms with Crippen LogP contribution in [0.2, 0.25) is 0 Å². The number of hydrogen-bond donors (Lipinski definition) is 1. The largest absolute Gasteiger partial charge is 0.333 e. The molecule has 1 aliphatic rings. The standard InChI is InChI=1S/C17H21N3OS/c1-12-10-15(19-18-12)11-16(21)20-8-9-22-13(2)17(20)14-6-4-3-5-7-14/h3-7,10,13,17H,8-9,11H2,1-2H3,(H,18,19)/t13-,17+/m1/s1. The third kappa shape index (κ3) is 3.19. The average molecular weight is 315 g/mol. The van der Waals surface area contributed by atoms with Gasteiger partial charge in [0.2, 0.25) is 5.91 Å². The zero-order valence-corrected chi connectivity index (χ0v) is 13.8. The monoisotopic (exact) mass is 315 g/mol. The SMILES string of the molecule is Cc1cc(CC(=O)N2CCS[C@H](C)[C@H]2c2ccccc2)n[nH]1. The number of rotatable bonds is 3. The van der Waals surface area contributed by atoms with Gasteiger partial charge in [-0.3, -0.25) is 9.89 Å². The Morgan fingerprint density at radius 3 is 2.86 bits per heavy atom. The number of nitrogens with one attached hydrogen (secondary N) is 1. The van der Waals surface area contributed by atoms with Gasteiger partial charge >= 0.3 is 0 Å². The van der Waals surface area contributed by atoms with Crippen LogP contribution < -0.4 is 0 Å². The summed E-state index contributed by atoms with van der Waals surface area (Å²) in [6.07, 6.45) is 0.366. The highest BCUT2D eigenvalue weighted by molar-refractivity contribution is 8.00. The first-order valence-corrected chi connectivity index (χ1v) is 8.67. The Kier molecular flexibility index (Phi) is 4.52. The highest BCUT2D eigenvalue weighted by atomic mass is 32.2. The number of aromatic amines is 1. The quantitative estimate of drug-likeness (QED) is 0.947. The Labute approximate surface area is 135 Å². The van der Waals surface area contributed by atoms with Gasteiger partial charge in [-0.25, -0.2) is 0 Å². The molecular formula is C17H21N3OS. The van der Waals surface area contributed by atoms with Gasteiger partial charge in [0.1, 0.15) is 0 Å². The first-order valence-electron chi connectivity index (χ1n) is 7.62. The van der Waals surface area contributed by atoms with Crippen LogP contribution in [0, 0.1) is 6.92 Å². The van der Waals surface area contributed by atoms with Crippen molar-refractivity contribution in [3.8, 4) is 0 Å². The van der Waals surface area contributed by atoms with Crippen LogP contribution in [0.3, 0.4) is 0 Å². The summed E-state index contributed by atoms with van der Waals surface area (Å²) in [5, 5.41) is 7.50. The van der Waals surface area contributed by atoms with E-state index >= 15 is 0 Å².